The summed E-state index contributed by atoms with van der Waals surface area (Å²) in [5.41, 5.74) is 0.907. The first kappa shape index (κ1) is 23.6. The van der Waals surface area contributed by atoms with Crippen molar-refractivity contribution in [2.45, 2.75) is 38.1 Å². The van der Waals surface area contributed by atoms with E-state index in [1.54, 1.807) is 12.1 Å². The first-order valence-electron chi connectivity index (χ1n) is 8.83. The first-order valence-corrected chi connectivity index (χ1v) is 10.3. The molecule has 0 saturated carbocycles. The maximum atomic E-state index is 12.4. The molecule has 156 valence electrons. The van der Waals surface area contributed by atoms with Crippen molar-refractivity contribution in [3.8, 4) is 0 Å². The summed E-state index contributed by atoms with van der Waals surface area (Å²) >= 11 is 0. The minimum atomic E-state index is -3.85. The predicted octanol–water partition coefficient (Wildman–Crippen LogP) is 0.190. The van der Waals surface area contributed by atoms with Crippen LogP contribution in [0.5, 0.6) is 0 Å². The SMILES string of the molecule is CCCNC(=O)[C@H](C)NC(=O)COC(=O)CN(C)S(=O)(=O)c1ccc(C)cc1. The lowest BCUT2D eigenvalue weighted by Gasteiger charge is -2.17. The van der Waals surface area contributed by atoms with Crippen LogP contribution in [-0.4, -0.2) is 63.3 Å². The van der Waals surface area contributed by atoms with E-state index in [9.17, 15) is 22.8 Å². The van der Waals surface area contributed by atoms with Gasteiger partial charge in [0.25, 0.3) is 5.91 Å². The third-order valence-electron chi connectivity index (χ3n) is 3.77. The molecule has 1 atom stereocenters. The molecule has 10 heteroatoms. The number of aryl methyl sites for hydroxylation is 1. The van der Waals surface area contributed by atoms with Crippen molar-refractivity contribution in [3.63, 3.8) is 0 Å². The number of ether oxygens (including phenoxy) is 1. The van der Waals surface area contributed by atoms with E-state index < -0.39 is 41.1 Å². The molecule has 0 spiro atoms. The van der Waals surface area contributed by atoms with E-state index in [0.29, 0.717) is 6.54 Å². The molecule has 0 heterocycles. The minimum Gasteiger partial charge on any atom is -0.455 e. The number of nitrogens with one attached hydrogen (secondary N) is 2. The Hall–Kier alpha value is -2.46. The molecular weight excluding hydrogens is 386 g/mol. The van der Waals surface area contributed by atoms with Crippen LogP contribution < -0.4 is 10.6 Å². The molecule has 0 aliphatic heterocycles. The number of rotatable bonds is 10. The van der Waals surface area contributed by atoms with Crippen molar-refractivity contribution >= 4 is 27.8 Å². The van der Waals surface area contributed by atoms with Gasteiger partial charge in [-0.1, -0.05) is 24.6 Å². The molecule has 1 rings (SSSR count). The van der Waals surface area contributed by atoms with Crippen LogP contribution in [0.4, 0.5) is 0 Å². The van der Waals surface area contributed by atoms with Gasteiger partial charge in [0.1, 0.15) is 12.6 Å². The molecule has 1 aromatic carbocycles. The number of amides is 2. The van der Waals surface area contributed by atoms with E-state index in [1.165, 1.54) is 26.1 Å². The van der Waals surface area contributed by atoms with Gasteiger partial charge in [-0.25, -0.2) is 8.42 Å². The van der Waals surface area contributed by atoms with Crippen LogP contribution in [0.2, 0.25) is 0 Å². The number of sulfonamides is 1. The zero-order valence-electron chi connectivity index (χ0n) is 16.5. The second-order valence-electron chi connectivity index (χ2n) is 6.32. The summed E-state index contributed by atoms with van der Waals surface area (Å²) < 4.78 is 30.5. The molecule has 0 radical (unpaired) electrons. The Morgan fingerprint density at radius 2 is 1.79 bits per heavy atom. The topological polar surface area (TPSA) is 122 Å². The lowest BCUT2D eigenvalue weighted by molar-refractivity contribution is -0.148. The molecule has 2 amide bonds. The van der Waals surface area contributed by atoms with Gasteiger partial charge in [-0.2, -0.15) is 4.31 Å². The van der Waals surface area contributed by atoms with Gasteiger partial charge in [-0.3, -0.25) is 14.4 Å². The summed E-state index contributed by atoms with van der Waals surface area (Å²) in [5, 5.41) is 5.03. The molecule has 0 aliphatic rings. The summed E-state index contributed by atoms with van der Waals surface area (Å²) in [6.07, 6.45) is 0.767. The Kier molecular flexibility index (Phi) is 9.07. The van der Waals surface area contributed by atoms with Crippen LogP contribution in [0.15, 0.2) is 29.2 Å². The molecule has 0 saturated heterocycles. The maximum Gasteiger partial charge on any atom is 0.321 e. The third-order valence-corrected chi connectivity index (χ3v) is 5.58. The average Bonchev–Trinajstić information content (AvgIpc) is 2.64. The number of nitrogens with zero attached hydrogens (tertiary/aromatic N) is 1. The molecule has 1 aromatic rings. The summed E-state index contributed by atoms with van der Waals surface area (Å²) in [6, 6.07) is 5.43. The van der Waals surface area contributed by atoms with Gasteiger partial charge in [-0.05, 0) is 32.4 Å². The second kappa shape index (κ2) is 10.8. The molecular formula is C18H27N3O6S. The smallest absolute Gasteiger partial charge is 0.321 e. The highest BCUT2D eigenvalue weighted by molar-refractivity contribution is 7.89. The number of benzene rings is 1. The maximum absolute atomic E-state index is 12.4. The van der Waals surface area contributed by atoms with E-state index in [2.05, 4.69) is 10.6 Å². The Morgan fingerprint density at radius 3 is 2.36 bits per heavy atom. The van der Waals surface area contributed by atoms with Crippen molar-refractivity contribution < 1.29 is 27.5 Å². The van der Waals surface area contributed by atoms with E-state index in [4.69, 9.17) is 4.74 Å². The highest BCUT2D eigenvalue weighted by Gasteiger charge is 2.24. The van der Waals surface area contributed by atoms with Crippen LogP contribution in [-0.2, 0) is 29.1 Å². The second-order valence-corrected chi connectivity index (χ2v) is 8.36. The third kappa shape index (κ3) is 7.28. The molecule has 0 aliphatic carbocycles. The average molecular weight is 413 g/mol. The zero-order valence-corrected chi connectivity index (χ0v) is 17.3. The van der Waals surface area contributed by atoms with Crippen molar-refractivity contribution in [3.05, 3.63) is 29.8 Å². The standard InChI is InChI=1S/C18H27N3O6S/c1-5-10-19-18(24)14(3)20-16(22)12-27-17(23)11-21(4)28(25,26)15-8-6-13(2)7-9-15/h6-9,14H,5,10-12H2,1-4H3,(H,19,24)(H,20,22)/t14-/m0/s1. The van der Waals surface area contributed by atoms with Crippen molar-refractivity contribution in [2.24, 2.45) is 0 Å². The van der Waals surface area contributed by atoms with Gasteiger partial charge in [0, 0.05) is 13.6 Å². The van der Waals surface area contributed by atoms with Gasteiger partial charge in [0.05, 0.1) is 4.90 Å². The van der Waals surface area contributed by atoms with Gasteiger partial charge < -0.3 is 15.4 Å². The van der Waals surface area contributed by atoms with Crippen LogP contribution in [0.25, 0.3) is 0 Å². The summed E-state index contributed by atoms with van der Waals surface area (Å²) in [6.45, 7) is 4.58. The van der Waals surface area contributed by atoms with Crippen molar-refractivity contribution in [2.75, 3.05) is 26.7 Å². The van der Waals surface area contributed by atoms with Gasteiger partial charge in [0.2, 0.25) is 15.9 Å². The number of hydrogen-bond donors (Lipinski definition) is 2. The first-order chi connectivity index (χ1) is 13.1. The fraction of sp³-hybridized carbons (Fsp3) is 0.500. The largest absolute Gasteiger partial charge is 0.455 e. The van der Waals surface area contributed by atoms with Crippen molar-refractivity contribution in [1.29, 1.82) is 0 Å². The van der Waals surface area contributed by atoms with Crippen molar-refractivity contribution in [1.82, 2.24) is 14.9 Å². The number of carbonyl (C=O) groups excluding carboxylic acids is 3. The summed E-state index contributed by atoms with van der Waals surface area (Å²) in [5.74, 6) is -1.88. The van der Waals surface area contributed by atoms with Crippen LogP contribution >= 0.6 is 0 Å². The fourth-order valence-electron chi connectivity index (χ4n) is 2.10. The van der Waals surface area contributed by atoms with E-state index >= 15 is 0 Å². The minimum absolute atomic E-state index is 0.0538. The number of likely N-dealkylation sites (N-methyl/N-ethyl adjacent to an activating group) is 1. The molecule has 0 unspecified atom stereocenters. The molecule has 9 nitrogen and oxygen atoms in total. The summed E-state index contributed by atoms with van der Waals surface area (Å²) in [4.78, 5) is 35.4. The zero-order chi connectivity index (χ0) is 21.3. The van der Waals surface area contributed by atoms with E-state index in [0.717, 1.165) is 16.3 Å². The normalized spacial score (nSPS) is 12.3. The quantitative estimate of drug-likeness (QED) is 0.528. The molecule has 2 N–H and O–H groups in total. The predicted molar refractivity (Wildman–Crippen MR) is 103 cm³/mol. The highest BCUT2D eigenvalue weighted by atomic mass is 32.2. The Bertz CT molecular complexity index is 792. The number of carbonyl (C=O) groups is 3. The highest BCUT2D eigenvalue weighted by Crippen LogP contribution is 2.14. The van der Waals surface area contributed by atoms with Gasteiger partial charge in [0.15, 0.2) is 6.61 Å². The number of hydrogen-bond acceptors (Lipinski definition) is 6. The molecule has 0 bridgehead atoms. The lowest BCUT2D eigenvalue weighted by atomic mass is 10.2. The van der Waals surface area contributed by atoms with Crippen LogP contribution in [0.3, 0.4) is 0 Å². The van der Waals surface area contributed by atoms with Crippen LogP contribution in [0.1, 0.15) is 25.8 Å². The van der Waals surface area contributed by atoms with Gasteiger partial charge >= 0.3 is 5.97 Å². The molecule has 0 aromatic heterocycles. The van der Waals surface area contributed by atoms with Gasteiger partial charge in [-0.15, -0.1) is 0 Å². The Morgan fingerprint density at radius 1 is 1.18 bits per heavy atom. The van der Waals surface area contributed by atoms with E-state index in [-0.39, 0.29) is 10.8 Å². The Balaban J connectivity index is 2.50. The molecule has 28 heavy (non-hydrogen) atoms. The Labute approximate surface area is 165 Å². The monoisotopic (exact) mass is 413 g/mol. The van der Waals surface area contributed by atoms with E-state index in [1.807, 2.05) is 13.8 Å². The molecule has 0 fully saturated rings. The number of esters is 1. The summed E-state index contributed by atoms with van der Waals surface area (Å²) in [7, 11) is -2.60. The lowest BCUT2D eigenvalue weighted by Crippen LogP contribution is -2.46. The fourth-order valence-corrected chi connectivity index (χ4v) is 3.21. The van der Waals surface area contributed by atoms with Crippen LogP contribution in [0, 0.1) is 6.92 Å².